The Balaban J connectivity index is 1.79. The van der Waals surface area contributed by atoms with Crippen molar-refractivity contribution in [2.75, 3.05) is 0 Å². The first kappa shape index (κ1) is 13.4. The van der Waals surface area contributed by atoms with E-state index in [9.17, 15) is 0 Å². The van der Waals surface area contributed by atoms with Crippen molar-refractivity contribution >= 4 is 0 Å². The summed E-state index contributed by atoms with van der Waals surface area (Å²) >= 11 is 0. The lowest BCUT2D eigenvalue weighted by Gasteiger charge is -2.36. The zero-order valence-electron chi connectivity index (χ0n) is 12.0. The molecule has 2 saturated carbocycles. The van der Waals surface area contributed by atoms with Gasteiger partial charge in [-0.05, 0) is 56.3 Å². The standard InChI is InChI=1S/C16H31N/c1-12-5-4-6-15(9-7-12)17-16-10-8-13(2)11-14(16)3/h12-17H,4-11H2,1-3H3. The predicted octanol–water partition coefficient (Wildman–Crippen LogP) is 4.37. The quantitative estimate of drug-likeness (QED) is 0.703. The molecule has 0 saturated heterocycles. The average Bonchev–Trinajstić information content (AvgIpc) is 2.48. The topological polar surface area (TPSA) is 12.0 Å². The van der Waals surface area contributed by atoms with E-state index >= 15 is 0 Å². The largest absolute Gasteiger partial charge is 0.311 e. The summed E-state index contributed by atoms with van der Waals surface area (Å²) in [4.78, 5) is 0. The summed E-state index contributed by atoms with van der Waals surface area (Å²) in [6.45, 7) is 7.29. The van der Waals surface area contributed by atoms with Crippen LogP contribution >= 0.6 is 0 Å². The highest BCUT2D eigenvalue weighted by Crippen LogP contribution is 2.30. The van der Waals surface area contributed by atoms with Crippen LogP contribution in [-0.4, -0.2) is 12.1 Å². The first-order chi connectivity index (χ1) is 8.15. The van der Waals surface area contributed by atoms with E-state index in [1.807, 2.05) is 0 Å². The number of nitrogens with one attached hydrogen (secondary N) is 1. The summed E-state index contributed by atoms with van der Waals surface area (Å²) < 4.78 is 0. The van der Waals surface area contributed by atoms with E-state index in [4.69, 9.17) is 0 Å². The highest BCUT2D eigenvalue weighted by molar-refractivity contribution is 4.85. The number of hydrogen-bond acceptors (Lipinski definition) is 1. The van der Waals surface area contributed by atoms with Crippen molar-refractivity contribution in [1.82, 2.24) is 5.32 Å². The van der Waals surface area contributed by atoms with Gasteiger partial charge in [-0.1, -0.05) is 33.6 Å². The fourth-order valence-corrected chi connectivity index (χ4v) is 3.87. The molecule has 0 spiro atoms. The van der Waals surface area contributed by atoms with Gasteiger partial charge in [-0.25, -0.2) is 0 Å². The Hall–Kier alpha value is -0.0400. The molecule has 17 heavy (non-hydrogen) atoms. The molecule has 2 aliphatic rings. The van der Waals surface area contributed by atoms with Crippen molar-refractivity contribution in [1.29, 1.82) is 0 Å². The lowest BCUT2D eigenvalue weighted by atomic mass is 9.79. The van der Waals surface area contributed by atoms with Crippen LogP contribution in [0, 0.1) is 17.8 Å². The van der Waals surface area contributed by atoms with Gasteiger partial charge in [-0.3, -0.25) is 0 Å². The van der Waals surface area contributed by atoms with Gasteiger partial charge < -0.3 is 5.32 Å². The molecule has 2 rings (SSSR count). The molecule has 0 aromatic rings. The summed E-state index contributed by atoms with van der Waals surface area (Å²) in [7, 11) is 0. The molecule has 0 amide bonds. The molecule has 0 radical (unpaired) electrons. The first-order valence-corrected chi connectivity index (χ1v) is 7.91. The second-order valence-corrected chi connectivity index (χ2v) is 6.98. The number of rotatable bonds is 2. The van der Waals surface area contributed by atoms with E-state index in [2.05, 4.69) is 26.1 Å². The lowest BCUT2D eigenvalue weighted by Crippen LogP contribution is -2.44. The van der Waals surface area contributed by atoms with Gasteiger partial charge in [0.2, 0.25) is 0 Å². The van der Waals surface area contributed by atoms with Gasteiger partial charge in [-0.15, -0.1) is 0 Å². The minimum atomic E-state index is 0.810. The average molecular weight is 237 g/mol. The third kappa shape index (κ3) is 3.98. The summed E-state index contributed by atoms with van der Waals surface area (Å²) in [6.07, 6.45) is 11.4. The SMILES string of the molecule is CC1CCCC(NC2CCC(C)CC2C)CC1. The Bertz CT molecular complexity index is 226. The van der Waals surface area contributed by atoms with E-state index < -0.39 is 0 Å². The van der Waals surface area contributed by atoms with Gasteiger partial charge >= 0.3 is 0 Å². The van der Waals surface area contributed by atoms with Crippen molar-refractivity contribution < 1.29 is 0 Å². The van der Waals surface area contributed by atoms with Crippen LogP contribution in [0.2, 0.25) is 0 Å². The van der Waals surface area contributed by atoms with E-state index in [0.29, 0.717) is 0 Å². The summed E-state index contributed by atoms with van der Waals surface area (Å²) in [5.41, 5.74) is 0. The minimum absolute atomic E-state index is 0.810. The summed E-state index contributed by atoms with van der Waals surface area (Å²) in [5.74, 6) is 2.81. The Morgan fingerprint density at radius 3 is 2.29 bits per heavy atom. The molecule has 0 aromatic heterocycles. The van der Waals surface area contributed by atoms with Crippen molar-refractivity contribution in [3.8, 4) is 0 Å². The van der Waals surface area contributed by atoms with E-state index in [0.717, 1.165) is 29.8 Å². The molecular formula is C16H31N. The molecule has 1 heteroatoms. The van der Waals surface area contributed by atoms with Crippen LogP contribution in [0.25, 0.3) is 0 Å². The van der Waals surface area contributed by atoms with Gasteiger partial charge in [0.05, 0.1) is 0 Å². The minimum Gasteiger partial charge on any atom is -0.311 e. The predicted molar refractivity (Wildman–Crippen MR) is 75.1 cm³/mol. The molecule has 0 heterocycles. The second-order valence-electron chi connectivity index (χ2n) is 6.98. The molecule has 100 valence electrons. The zero-order valence-corrected chi connectivity index (χ0v) is 12.0. The maximum atomic E-state index is 3.99. The fraction of sp³-hybridized carbons (Fsp3) is 1.00. The Kier molecular flexibility index (Phi) is 4.90. The second kappa shape index (κ2) is 6.22. The molecule has 1 N–H and O–H groups in total. The van der Waals surface area contributed by atoms with Crippen molar-refractivity contribution in [3.63, 3.8) is 0 Å². The molecule has 1 nitrogen and oxygen atoms in total. The van der Waals surface area contributed by atoms with Gasteiger partial charge in [0.1, 0.15) is 0 Å². The fourth-order valence-electron chi connectivity index (χ4n) is 3.87. The first-order valence-electron chi connectivity index (χ1n) is 7.91. The van der Waals surface area contributed by atoms with Crippen molar-refractivity contribution in [2.45, 2.75) is 84.2 Å². The number of hydrogen-bond donors (Lipinski definition) is 1. The molecular weight excluding hydrogens is 206 g/mol. The third-order valence-electron chi connectivity index (χ3n) is 5.14. The van der Waals surface area contributed by atoms with Crippen LogP contribution in [0.5, 0.6) is 0 Å². The normalized spacial score (nSPS) is 44.3. The van der Waals surface area contributed by atoms with Crippen LogP contribution < -0.4 is 5.32 Å². The molecule has 5 unspecified atom stereocenters. The maximum absolute atomic E-state index is 3.99. The highest BCUT2D eigenvalue weighted by Gasteiger charge is 2.27. The van der Waals surface area contributed by atoms with Crippen LogP contribution in [0.3, 0.4) is 0 Å². The highest BCUT2D eigenvalue weighted by atomic mass is 15.0. The summed E-state index contributed by atoms with van der Waals surface area (Å²) in [5, 5.41) is 3.99. The molecule has 0 aromatic carbocycles. The van der Waals surface area contributed by atoms with Crippen LogP contribution in [0.1, 0.15) is 72.1 Å². The van der Waals surface area contributed by atoms with Crippen LogP contribution in [0.15, 0.2) is 0 Å². The molecule has 2 fully saturated rings. The van der Waals surface area contributed by atoms with Gasteiger partial charge in [0.25, 0.3) is 0 Å². The van der Waals surface area contributed by atoms with Crippen LogP contribution in [-0.2, 0) is 0 Å². The van der Waals surface area contributed by atoms with E-state index in [1.165, 1.54) is 51.4 Å². The third-order valence-corrected chi connectivity index (χ3v) is 5.14. The van der Waals surface area contributed by atoms with Gasteiger partial charge in [0.15, 0.2) is 0 Å². The Morgan fingerprint density at radius 1 is 0.765 bits per heavy atom. The molecule has 5 atom stereocenters. The van der Waals surface area contributed by atoms with Crippen molar-refractivity contribution in [3.05, 3.63) is 0 Å². The van der Waals surface area contributed by atoms with E-state index in [1.54, 1.807) is 0 Å². The van der Waals surface area contributed by atoms with E-state index in [-0.39, 0.29) is 0 Å². The maximum Gasteiger partial charge on any atom is 0.00954 e. The molecule has 0 aliphatic heterocycles. The zero-order chi connectivity index (χ0) is 12.3. The Labute approximate surface area is 108 Å². The van der Waals surface area contributed by atoms with Crippen LogP contribution in [0.4, 0.5) is 0 Å². The monoisotopic (exact) mass is 237 g/mol. The molecule has 2 aliphatic carbocycles. The smallest absolute Gasteiger partial charge is 0.00954 e. The molecule has 0 bridgehead atoms. The van der Waals surface area contributed by atoms with Crippen molar-refractivity contribution in [2.24, 2.45) is 17.8 Å². The van der Waals surface area contributed by atoms with Gasteiger partial charge in [0, 0.05) is 12.1 Å². The Morgan fingerprint density at radius 2 is 1.53 bits per heavy atom. The summed E-state index contributed by atoms with van der Waals surface area (Å²) in [6, 6.07) is 1.63. The van der Waals surface area contributed by atoms with Gasteiger partial charge in [-0.2, -0.15) is 0 Å². The lowest BCUT2D eigenvalue weighted by molar-refractivity contribution is 0.207.